The van der Waals surface area contributed by atoms with Gasteiger partial charge in [-0.2, -0.15) is 0 Å². The quantitative estimate of drug-likeness (QED) is 0.858. The number of halogens is 1. The normalized spacial score (nSPS) is 22.1. The molecule has 3 nitrogen and oxygen atoms in total. The number of piperidine rings is 1. The summed E-state index contributed by atoms with van der Waals surface area (Å²) in [4.78, 5) is 4.86. The molecule has 1 fully saturated rings. The van der Waals surface area contributed by atoms with Crippen molar-refractivity contribution < 1.29 is 0 Å². The molecule has 2 aliphatic rings. The summed E-state index contributed by atoms with van der Waals surface area (Å²) in [5.41, 5.74) is 1.32. The SMILES string of the molecule is Brc1c(C2CCNCC2)nc2n1CCCC2. The van der Waals surface area contributed by atoms with Gasteiger partial charge in [-0.25, -0.2) is 4.98 Å². The summed E-state index contributed by atoms with van der Waals surface area (Å²) in [7, 11) is 0. The molecule has 0 atom stereocenters. The van der Waals surface area contributed by atoms with Crippen LogP contribution in [0.15, 0.2) is 4.60 Å². The lowest BCUT2D eigenvalue weighted by Gasteiger charge is -2.21. The first-order valence-electron chi connectivity index (χ1n) is 6.32. The predicted molar refractivity (Wildman–Crippen MR) is 67.7 cm³/mol. The smallest absolute Gasteiger partial charge is 0.109 e. The fourth-order valence-electron chi connectivity index (χ4n) is 2.82. The van der Waals surface area contributed by atoms with Crippen molar-refractivity contribution in [3.63, 3.8) is 0 Å². The van der Waals surface area contributed by atoms with Crippen LogP contribution in [0.3, 0.4) is 0 Å². The van der Waals surface area contributed by atoms with E-state index >= 15 is 0 Å². The number of hydrogen-bond donors (Lipinski definition) is 1. The number of fused-ring (bicyclic) bond motifs is 1. The van der Waals surface area contributed by atoms with Gasteiger partial charge in [-0.1, -0.05) is 0 Å². The molecule has 88 valence electrons. The van der Waals surface area contributed by atoms with Crippen molar-refractivity contribution in [3.05, 3.63) is 16.1 Å². The van der Waals surface area contributed by atoms with E-state index in [9.17, 15) is 0 Å². The van der Waals surface area contributed by atoms with Crippen LogP contribution in [0.25, 0.3) is 0 Å². The number of nitrogens with zero attached hydrogens (tertiary/aromatic N) is 2. The van der Waals surface area contributed by atoms with Gasteiger partial charge in [0.25, 0.3) is 0 Å². The number of aryl methyl sites for hydroxylation is 1. The molecule has 0 aromatic carbocycles. The Morgan fingerprint density at radius 1 is 1.25 bits per heavy atom. The molecule has 0 spiro atoms. The van der Waals surface area contributed by atoms with Crippen LogP contribution in [-0.2, 0) is 13.0 Å². The Morgan fingerprint density at radius 3 is 2.81 bits per heavy atom. The Hall–Kier alpha value is -0.350. The summed E-state index contributed by atoms with van der Waals surface area (Å²) in [6.07, 6.45) is 6.22. The first-order valence-corrected chi connectivity index (χ1v) is 7.11. The van der Waals surface area contributed by atoms with Gasteiger partial charge in [0.15, 0.2) is 0 Å². The van der Waals surface area contributed by atoms with Gasteiger partial charge >= 0.3 is 0 Å². The first kappa shape index (κ1) is 10.8. The monoisotopic (exact) mass is 283 g/mol. The summed E-state index contributed by atoms with van der Waals surface area (Å²) in [5.74, 6) is 1.96. The van der Waals surface area contributed by atoms with E-state index in [1.165, 1.54) is 41.8 Å². The van der Waals surface area contributed by atoms with Gasteiger partial charge in [0.05, 0.1) is 5.69 Å². The van der Waals surface area contributed by atoms with Crippen LogP contribution in [-0.4, -0.2) is 22.6 Å². The summed E-state index contributed by atoms with van der Waals surface area (Å²) in [6.45, 7) is 3.42. The van der Waals surface area contributed by atoms with Crippen LogP contribution in [0, 0.1) is 0 Å². The third kappa shape index (κ3) is 1.82. The lowest BCUT2D eigenvalue weighted by atomic mass is 9.95. The zero-order chi connectivity index (χ0) is 11.0. The van der Waals surface area contributed by atoms with Crippen molar-refractivity contribution in [1.29, 1.82) is 0 Å². The van der Waals surface area contributed by atoms with E-state index in [4.69, 9.17) is 4.98 Å². The summed E-state index contributed by atoms with van der Waals surface area (Å²) in [5, 5.41) is 3.42. The highest BCUT2D eigenvalue weighted by Crippen LogP contribution is 2.33. The van der Waals surface area contributed by atoms with Crippen LogP contribution >= 0.6 is 15.9 Å². The van der Waals surface area contributed by atoms with E-state index in [0.717, 1.165) is 26.1 Å². The highest BCUT2D eigenvalue weighted by atomic mass is 79.9. The van der Waals surface area contributed by atoms with Crippen LogP contribution < -0.4 is 5.32 Å². The molecule has 3 rings (SSSR count). The highest BCUT2D eigenvalue weighted by molar-refractivity contribution is 9.10. The average molecular weight is 284 g/mol. The molecular formula is C12H18BrN3. The standard InChI is InChI=1S/C12H18BrN3/c13-12-11(9-4-6-14-7-5-9)15-10-3-1-2-8-16(10)12/h9,14H,1-8H2. The van der Waals surface area contributed by atoms with Crippen LogP contribution in [0.2, 0.25) is 0 Å². The molecule has 0 amide bonds. The van der Waals surface area contributed by atoms with Crippen molar-refractivity contribution >= 4 is 15.9 Å². The Labute approximate surface area is 105 Å². The van der Waals surface area contributed by atoms with E-state index < -0.39 is 0 Å². The number of imidazole rings is 1. The molecule has 0 radical (unpaired) electrons. The van der Waals surface area contributed by atoms with Gasteiger partial charge in [0.2, 0.25) is 0 Å². The zero-order valence-corrected chi connectivity index (χ0v) is 11.1. The zero-order valence-electron chi connectivity index (χ0n) is 9.51. The Morgan fingerprint density at radius 2 is 2.06 bits per heavy atom. The Kier molecular flexibility index (Phi) is 3.03. The molecule has 1 N–H and O–H groups in total. The molecule has 1 aromatic rings. The molecule has 0 aliphatic carbocycles. The van der Waals surface area contributed by atoms with Crippen molar-refractivity contribution in [2.24, 2.45) is 0 Å². The van der Waals surface area contributed by atoms with Gasteiger partial charge in [0.1, 0.15) is 10.4 Å². The summed E-state index contributed by atoms with van der Waals surface area (Å²) < 4.78 is 3.63. The number of rotatable bonds is 1. The number of hydrogen-bond acceptors (Lipinski definition) is 2. The van der Waals surface area contributed by atoms with Gasteiger partial charge in [0, 0.05) is 18.9 Å². The molecule has 2 aliphatic heterocycles. The van der Waals surface area contributed by atoms with Gasteiger partial charge < -0.3 is 9.88 Å². The van der Waals surface area contributed by atoms with Crippen LogP contribution in [0.1, 0.15) is 43.1 Å². The first-order chi connectivity index (χ1) is 7.86. The van der Waals surface area contributed by atoms with Crippen molar-refractivity contribution in [2.75, 3.05) is 13.1 Å². The fraction of sp³-hybridized carbons (Fsp3) is 0.750. The average Bonchev–Trinajstić information content (AvgIpc) is 2.69. The lowest BCUT2D eigenvalue weighted by molar-refractivity contribution is 0.452. The Balaban J connectivity index is 1.91. The van der Waals surface area contributed by atoms with E-state index in [1.807, 2.05) is 0 Å². The molecule has 0 saturated carbocycles. The predicted octanol–water partition coefficient (Wildman–Crippen LogP) is 2.45. The van der Waals surface area contributed by atoms with Crippen molar-refractivity contribution in [1.82, 2.24) is 14.9 Å². The molecule has 0 bridgehead atoms. The topological polar surface area (TPSA) is 29.9 Å². The maximum absolute atomic E-state index is 4.86. The third-order valence-electron chi connectivity index (χ3n) is 3.77. The third-order valence-corrected chi connectivity index (χ3v) is 4.60. The molecule has 16 heavy (non-hydrogen) atoms. The molecule has 1 saturated heterocycles. The second-order valence-electron chi connectivity index (χ2n) is 4.84. The van der Waals surface area contributed by atoms with Crippen LogP contribution in [0.4, 0.5) is 0 Å². The largest absolute Gasteiger partial charge is 0.323 e. The summed E-state index contributed by atoms with van der Waals surface area (Å²) >= 11 is 3.75. The second-order valence-corrected chi connectivity index (χ2v) is 5.59. The minimum Gasteiger partial charge on any atom is -0.323 e. The molecule has 4 heteroatoms. The van der Waals surface area contributed by atoms with Crippen LogP contribution in [0.5, 0.6) is 0 Å². The molecular weight excluding hydrogens is 266 g/mol. The highest BCUT2D eigenvalue weighted by Gasteiger charge is 2.24. The minimum atomic E-state index is 0.661. The van der Waals surface area contributed by atoms with Gasteiger partial charge in [-0.3, -0.25) is 0 Å². The van der Waals surface area contributed by atoms with E-state index in [1.54, 1.807) is 0 Å². The van der Waals surface area contributed by atoms with Gasteiger partial charge in [-0.05, 0) is 54.7 Å². The number of nitrogens with one attached hydrogen (secondary N) is 1. The Bertz CT molecular complexity index is 380. The van der Waals surface area contributed by atoms with E-state index in [2.05, 4.69) is 25.8 Å². The van der Waals surface area contributed by atoms with Gasteiger partial charge in [-0.15, -0.1) is 0 Å². The molecule has 3 heterocycles. The maximum atomic E-state index is 4.86. The van der Waals surface area contributed by atoms with Crippen molar-refractivity contribution in [3.8, 4) is 0 Å². The molecule has 0 unspecified atom stereocenters. The second kappa shape index (κ2) is 4.49. The van der Waals surface area contributed by atoms with E-state index in [0.29, 0.717) is 5.92 Å². The lowest BCUT2D eigenvalue weighted by Crippen LogP contribution is -2.27. The van der Waals surface area contributed by atoms with Crippen molar-refractivity contribution in [2.45, 2.75) is 44.6 Å². The maximum Gasteiger partial charge on any atom is 0.109 e. The summed E-state index contributed by atoms with van der Waals surface area (Å²) in [6, 6.07) is 0. The number of aromatic nitrogens is 2. The van der Waals surface area contributed by atoms with E-state index in [-0.39, 0.29) is 0 Å². The fourth-order valence-corrected chi connectivity index (χ4v) is 3.62. The molecule has 1 aromatic heterocycles. The minimum absolute atomic E-state index is 0.661.